The van der Waals surface area contributed by atoms with Crippen LogP contribution in [-0.2, 0) is 20.0 Å². The van der Waals surface area contributed by atoms with Crippen LogP contribution in [0.15, 0.2) is 10.9 Å². The van der Waals surface area contributed by atoms with Gasteiger partial charge < -0.3 is 18.9 Å². The van der Waals surface area contributed by atoms with E-state index in [0.717, 1.165) is 0 Å². The monoisotopic (exact) mass is 538 g/mol. The molecule has 0 bridgehead atoms. The zero-order valence-corrected chi connectivity index (χ0v) is 23.5. The number of rotatable bonds is 5. The number of aromatic nitrogens is 5. The summed E-state index contributed by atoms with van der Waals surface area (Å²) in [7, 11) is 1.67. The van der Waals surface area contributed by atoms with E-state index >= 15 is 4.39 Å². The maximum atomic E-state index is 15.2. The predicted octanol–water partition coefficient (Wildman–Crippen LogP) is 2.96. The van der Waals surface area contributed by atoms with Gasteiger partial charge >= 0.3 is 5.69 Å². The van der Waals surface area contributed by atoms with Gasteiger partial charge in [0.05, 0.1) is 24.2 Å². The Morgan fingerprint density at radius 2 is 1.97 bits per heavy atom. The number of anilines is 1. The highest BCUT2D eigenvalue weighted by molar-refractivity contribution is 5.84. The van der Waals surface area contributed by atoms with Crippen LogP contribution in [0, 0.1) is 17.1 Å². The quantitative estimate of drug-likeness (QED) is 0.484. The molecule has 5 rings (SSSR count). The van der Waals surface area contributed by atoms with E-state index in [2.05, 4.69) is 39.7 Å². The zero-order chi connectivity index (χ0) is 28.2. The Balaban J connectivity index is 1.47. The fraction of sp³-hybridized carbons (Fsp3) is 0.593. The van der Waals surface area contributed by atoms with Gasteiger partial charge in [-0.05, 0) is 41.5 Å². The van der Waals surface area contributed by atoms with Gasteiger partial charge in [0, 0.05) is 44.8 Å². The molecule has 3 aromatic heterocycles. The van der Waals surface area contributed by atoms with Crippen LogP contribution in [0.2, 0.25) is 0 Å². The topological polar surface area (TPSA) is 114 Å². The minimum Gasteiger partial charge on any atom is -0.484 e. The Labute approximate surface area is 226 Å². The van der Waals surface area contributed by atoms with Gasteiger partial charge in [0.1, 0.15) is 35.0 Å². The molecule has 0 aromatic carbocycles. The summed E-state index contributed by atoms with van der Waals surface area (Å²) in [5.74, 6) is 1.31. The van der Waals surface area contributed by atoms with E-state index in [4.69, 9.17) is 14.5 Å². The molecule has 2 aliphatic heterocycles. The molecule has 208 valence electrons. The van der Waals surface area contributed by atoms with Gasteiger partial charge in [-0.1, -0.05) is 0 Å². The first-order chi connectivity index (χ1) is 18.5. The summed E-state index contributed by atoms with van der Waals surface area (Å²) in [6.45, 7) is 13.9. The largest absolute Gasteiger partial charge is 0.484 e. The molecule has 11 nitrogen and oxygen atoms in total. The van der Waals surface area contributed by atoms with Crippen LogP contribution in [0.5, 0.6) is 11.6 Å². The summed E-state index contributed by atoms with van der Waals surface area (Å²) in [4.78, 5) is 30.9. The first-order valence-electron chi connectivity index (χ1n) is 13.3. The van der Waals surface area contributed by atoms with Crippen molar-refractivity contribution >= 4 is 17.0 Å². The second-order valence-corrected chi connectivity index (χ2v) is 11.1. The van der Waals surface area contributed by atoms with Gasteiger partial charge in [0.15, 0.2) is 11.6 Å². The fourth-order valence-electron chi connectivity index (χ4n) is 5.65. The van der Waals surface area contributed by atoms with Gasteiger partial charge in [-0.25, -0.2) is 19.2 Å². The number of ether oxygens (including phenoxy) is 2. The number of aryl methyl sites for hydroxylation is 2. The van der Waals surface area contributed by atoms with Crippen molar-refractivity contribution < 1.29 is 13.9 Å². The summed E-state index contributed by atoms with van der Waals surface area (Å²) < 4.78 is 30.3. The molecule has 5 heterocycles. The first-order valence-corrected chi connectivity index (χ1v) is 13.3. The molecule has 2 aliphatic rings. The maximum absolute atomic E-state index is 15.2. The van der Waals surface area contributed by atoms with Crippen molar-refractivity contribution in [2.75, 3.05) is 24.6 Å². The van der Waals surface area contributed by atoms with Crippen molar-refractivity contribution in [2.45, 2.75) is 78.2 Å². The molecule has 0 spiro atoms. The van der Waals surface area contributed by atoms with Crippen molar-refractivity contribution in [1.29, 1.82) is 5.26 Å². The zero-order valence-electron chi connectivity index (χ0n) is 23.5. The lowest BCUT2D eigenvalue weighted by Crippen LogP contribution is -2.57. The highest BCUT2D eigenvalue weighted by Gasteiger charge is 2.37. The van der Waals surface area contributed by atoms with E-state index in [0.29, 0.717) is 66.4 Å². The van der Waals surface area contributed by atoms with Crippen LogP contribution in [0.3, 0.4) is 0 Å². The molecule has 0 radical (unpaired) electrons. The number of nitrogens with zero attached hydrogens (tertiary/aromatic N) is 8. The van der Waals surface area contributed by atoms with Crippen molar-refractivity contribution in [2.24, 2.45) is 7.05 Å². The molecular formula is C27H35FN8O3. The molecule has 3 atom stereocenters. The third kappa shape index (κ3) is 4.58. The van der Waals surface area contributed by atoms with E-state index in [1.54, 1.807) is 7.05 Å². The Morgan fingerprint density at radius 1 is 1.23 bits per heavy atom. The summed E-state index contributed by atoms with van der Waals surface area (Å²) in [6.07, 6.45) is 0.138. The number of hydrogen-bond acceptors (Lipinski definition) is 9. The molecule has 39 heavy (non-hydrogen) atoms. The second kappa shape index (κ2) is 9.79. The Kier molecular flexibility index (Phi) is 6.74. The average molecular weight is 539 g/mol. The molecule has 0 saturated carbocycles. The fourth-order valence-corrected chi connectivity index (χ4v) is 5.65. The van der Waals surface area contributed by atoms with Gasteiger partial charge in [-0.2, -0.15) is 10.2 Å². The highest BCUT2D eigenvalue weighted by Crippen LogP contribution is 2.38. The number of pyridine rings is 1. The van der Waals surface area contributed by atoms with E-state index in [9.17, 15) is 10.1 Å². The predicted molar refractivity (Wildman–Crippen MR) is 144 cm³/mol. The van der Waals surface area contributed by atoms with E-state index in [1.807, 2.05) is 32.3 Å². The van der Waals surface area contributed by atoms with Crippen molar-refractivity contribution in [3.05, 3.63) is 33.9 Å². The maximum Gasteiger partial charge on any atom is 0.350 e. The minimum atomic E-state index is -0.547. The summed E-state index contributed by atoms with van der Waals surface area (Å²) in [5, 5.41) is 9.32. The molecule has 0 N–H and O–H groups in total. The van der Waals surface area contributed by atoms with E-state index < -0.39 is 11.4 Å². The third-order valence-corrected chi connectivity index (χ3v) is 7.67. The number of imidazole rings is 1. The molecular weight excluding hydrogens is 503 g/mol. The van der Waals surface area contributed by atoms with Crippen LogP contribution in [-0.4, -0.2) is 66.4 Å². The normalized spacial score (nSPS) is 21.7. The molecule has 12 heteroatoms. The Morgan fingerprint density at radius 3 is 2.67 bits per heavy atom. The number of nitriles is 1. The van der Waals surface area contributed by atoms with Crippen LogP contribution in [0.1, 0.15) is 59.1 Å². The number of piperazine rings is 1. The molecule has 1 fully saturated rings. The highest BCUT2D eigenvalue weighted by atomic mass is 19.1. The second-order valence-electron chi connectivity index (χ2n) is 11.1. The van der Waals surface area contributed by atoms with Gasteiger partial charge in [-0.3, -0.25) is 9.47 Å². The standard InChI is InChI=1S/C27H35FN8O3/c1-8-34-20(9-10-29)30-22-23(32-26(37)33(7)25(22)34)36-13-15(2)35(12-16(36)3)17(4)21-18(28)11-19-24(31-21)39-27(5,6)14-38-19/h11,15-17H,8-9,12-14H2,1-7H3/t15-,16+,17?/m1/s1. The molecule has 1 unspecified atom stereocenters. The van der Waals surface area contributed by atoms with Crippen molar-refractivity contribution in [3.8, 4) is 17.7 Å². The average Bonchev–Trinajstić information content (AvgIpc) is 3.25. The van der Waals surface area contributed by atoms with Crippen molar-refractivity contribution in [3.63, 3.8) is 0 Å². The van der Waals surface area contributed by atoms with Crippen LogP contribution in [0.4, 0.5) is 10.2 Å². The number of halogens is 1. The van der Waals surface area contributed by atoms with Crippen molar-refractivity contribution in [1.82, 2.24) is 29.0 Å². The van der Waals surface area contributed by atoms with Crippen LogP contribution in [0.25, 0.3) is 11.2 Å². The van der Waals surface area contributed by atoms with E-state index in [1.165, 1.54) is 10.6 Å². The lowest BCUT2D eigenvalue weighted by Gasteiger charge is -2.47. The summed E-state index contributed by atoms with van der Waals surface area (Å²) in [6, 6.07) is 3.11. The van der Waals surface area contributed by atoms with Gasteiger partial charge in [0.25, 0.3) is 5.88 Å². The first kappa shape index (κ1) is 26.9. The molecule has 1 saturated heterocycles. The number of fused-ring (bicyclic) bond motifs is 2. The summed E-state index contributed by atoms with van der Waals surface area (Å²) in [5.41, 5.74) is 0.635. The smallest absolute Gasteiger partial charge is 0.350 e. The van der Waals surface area contributed by atoms with Crippen LogP contribution < -0.4 is 20.1 Å². The van der Waals surface area contributed by atoms with Gasteiger partial charge in [-0.15, -0.1) is 0 Å². The summed E-state index contributed by atoms with van der Waals surface area (Å²) >= 11 is 0. The SMILES string of the molecule is CCn1c(CC#N)nc2c(N3C[C@@H](C)N(C(C)c4nc5c(cc4F)OCC(C)(C)O5)C[C@@H]3C)nc(=O)n(C)c21. The molecule has 0 aliphatic carbocycles. The van der Waals surface area contributed by atoms with Gasteiger partial charge in [0.2, 0.25) is 0 Å². The Bertz CT molecular complexity index is 1520. The third-order valence-electron chi connectivity index (χ3n) is 7.67. The van der Waals surface area contributed by atoms with E-state index in [-0.39, 0.29) is 30.2 Å². The van der Waals surface area contributed by atoms with Crippen LogP contribution >= 0.6 is 0 Å². The Hall–Kier alpha value is -3.72. The molecule has 0 amide bonds. The minimum absolute atomic E-state index is 0.0187. The number of hydrogen-bond donors (Lipinski definition) is 0. The molecule has 3 aromatic rings. The lowest BCUT2D eigenvalue weighted by molar-refractivity contribution is 0.0146. The lowest BCUT2D eigenvalue weighted by atomic mass is 10.0.